The van der Waals surface area contributed by atoms with E-state index in [1.165, 1.54) is 0 Å². The van der Waals surface area contributed by atoms with E-state index in [-0.39, 0.29) is 0 Å². The van der Waals surface area contributed by atoms with Gasteiger partial charge >= 0.3 is 0 Å². The van der Waals surface area contributed by atoms with Crippen LogP contribution in [0.1, 0.15) is 25.1 Å². The Morgan fingerprint density at radius 2 is 1.85 bits per heavy atom. The minimum Gasteiger partial charge on any atom is -0.241 e. The first-order valence-corrected chi connectivity index (χ1v) is 4.98. The van der Waals surface area contributed by atoms with Crippen LogP contribution in [0.2, 0.25) is 0 Å². The second-order valence-corrected chi connectivity index (χ2v) is 2.83. The maximum atomic E-state index is 4.19. The van der Waals surface area contributed by atoms with Crippen LogP contribution in [0.25, 0.3) is 12.2 Å². The van der Waals surface area contributed by atoms with Gasteiger partial charge in [0, 0.05) is 0 Å². The van der Waals surface area contributed by atoms with Crippen LogP contribution < -0.4 is 0 Å². The summed E-state index contributed by atoms with van der Waals surface area (Å²) >= 11 is 3.27. The van der Waals surface area contributed by atoms with Crippen LogP contribution in [0.4, 0.5) is 0 Å². The van der Waals surface area contributed by atoms with E-state index in [1.54, 1.807) is 12.2 Å². The Balaban J connectivity index is 0.000000671. The number of pyridine rings is 1. The second-order valence-electron chi connectivity index (χ2n) is 2.02. The van der Waals surface area contributed by atoms with Crippen LogP contribution in [0.15, 0.2) is 29.9 Å². The minimum atomic E-state index is 0.818. The summed E-state index contributed by atoms with van der Waals surface area (Å²) in [7, 11) is 0. The Morgan fingerprint density at radius 3 is 2.31 bits per heavy atom. The molecule has 0 aliphatic heterocycles. The van der Waals surface area contributed by atoms with Crippen LogP contribution in [0, 0.1) is 0 Å². The zero-order valence-electron chi connectivity index (χ0n) is 8.05. The normalized spacial score (nSPS) is 8.23. The lowest BCUT2D eigenvalue weighted by Gasteiger charge is -1.98. The lowest BCUT2D eigenvalue weighted by atomic mass is 10.2. The average Bonchev–Trinajstić information content (AvgIpc) is 2.20. The molecule has 0 aromatic carbocycles. The van der Waals surface area contributed by atoms with Crippen molar-refractivity contribution in [1.29, 1.82) is 0 Å². The summed E-state index contributed by atoms with van der Waals surface area (Å²) in [5.41, 5.74) is 1.86. The lowest BCUT2D eigenvalue weighted by molar-refractivity contribution is 1.24. The molecular formula is C11H14BrN. The van der Waals surface area contributed by atoms with E-state index >= 15 is 0 Å². The van der Waals surface area contributed by atoms with Gasteiger partial charge < -0.3 is 0 Å². The van der Waals surface area contributed by atoms with Crippen molar-refractivity contribution >= 4 is 28.1 Å². The molecule has 0 saturated heterocycles. The van der Waals surface area contributed by atoms with Crippen molar-refractivity contribution in [3.05, 3.63) is 41.2 Å². The molecule has 0 amide bonds. The number of hydrogen-bond acceptors (Lipinski definition) is 1. The van der Waals surface area contributed by atoms with Gasteiger partial charge in [0.05, 0.1) is 5.69 Å². The summed E-state index contributed by atoms with van der Waals surface area (Å²) in [6.45, 7) is 11.3. The third-order valence-electron chi connectivity index (χ3n) is 1.34. The zero-order valence-corrected chi connectivity index (χ0v) is 9.63. The fourth-order valence-electron chi connectivity index (χ4n) is 0.797. The van der Waals surface area contributed by atoms with Crippen LogP contribution >= 0.6 is 15.9 Å². The average molecular weight is 240 g/mol. The molecule has 2 heteroatoms. The predicted octanol–water partition coefficient (Wildman–Crippen LogP) is 4.16. The van der Waals surface area contributed by atoms with Gasteiger partial charge in [0.1, 0.15) is 4.60 Å². The smallest absolute Gasteiger partial charge is 0.106 e. The Morgan fingerprint density at radius 1 is 1.23 bits per heavy atom. The Kier molecular flexibility index (Phi) is 6.15. The van der Waals surface area contributed by atoms with Gasteiger partial charge in [0.25, 0.3) is 0 Å². The summed E-state index contributed by atoms with van der Waals surface area (Å²) in [6, 6.07) is 3.82. The molecule has 0 spiro atoms. The highest BCUT2D eigenvalue weighted by Gasteiger charge is 1.96. The number of hydrogen-bond donors (Lipinski definition) is 0. The van der Waals surface area contributed by atoms with E-state index in [0.29, 0.717) is 0 Å². The van der Waals surface area contributed by atoms with Crippen molar-refractivity contribution in [2.45, 2.75) is 13.8 Å². The van der Waals surface area contributed by atoms with E-state index in [1.807, 2.05) is 26.0 Å². The minimum absolute atomic E-state index is 0.818. The van der Waals surface area contributed by atoms with Gasteiger partial charge in [-0.3, -0.25) is 0 Å². The molecule has 0 atom stereocenters. The maximum Gasteiger partial charge on any atom is 0.106 e. The molecule has 0 aliphatic carbocycles. The highest BCUT2D eigenvalue weighted by atomic mass is 79.9. The highest BCUT2D eigenvalue weighted by molar-refractivity contribution is 9.10. The number of rotatable bonds is 2. The molecule has 1 nitrogen and oxygen atoms in total. The zero-order chi connectivity index (χ0) is 10.3. The van der Waals surface area contributed by atoms with Gasteiger partial charge in [0.15, 0.2) is 0 Å². The predicted molar refractivity (Wildman–Crippen MR) is 63.5 cm³/mol. The highest BCUT2D eigenvalue weighted by Crippen LogP contribution is 2.13. The maximum absolute atomic E-state index is 4.19. The van der Waals surface area contributed by atoms with Crippen molar-refractivity contribution in [3.63, 3.8) is 0 Å². The molecular weight excluding hydrogens is 226 g/mol. The van der Waals surface area contributed by atoms with E-state index in [0.717, 1.165) is 15.9 Å². The van der Waals surface area contributed by atoms with Crippen LogP contribution in [0.3, 0.4) is 0 Å². The number of halogens is 1. The fourth-order valence-corrected chi connectivity index (χ4v) is 1.12. The Bertz CT molecular complexity index is 292. The van der Waals surface area contributed by atoms with Gasteiger partial charge in [-0.1, -0.05) is 39.1 Å². The molecule has 0 unspecified atom stereocenters. The Labute approximate surface area is 88.3 Å². The van der Waals surface area contributed by atoms with Crippen molar-refractivity contribution in [3.8, 4) is 0 Å². The number of nitrogens with zero attached hydrogens (tertiary/aromatic N) is 1. The summed E-state index contributed by atoms with van der Waals surface area (Å²) in [4.78, 5) is 4.19. The molecule has 0 aliphatic rings. The molecule has 70 valence electrons. The fraction of sp³-hybridized carbons (Fsp3) is 0.182. The molecule has 0 fully saturated rings. The van der Waals surface area contributed by atoms with Crippen LogP contribution in [-0.2, 0) is 0 Å². The first-order chi connectivity index (χ1) is 6.27. The molecule has 1 rings (SSSR count). The second kappa shape index (κ2) is 6.61. The van der Waals surface area contributed by atoms with Crippen LogP contribution in [0.5, 0.6) is 0 Å². The van der Waals surface area contributed by atoms with E-state index in [2.05, 4.69) is 34.1 Å². The van der Waals surface area contributed by atoms with Gasteiger partial charge in [0.2, 0.25) is 0 Å². The lowest BCUT2D eigenvalue weighted by Crippen LogP contribution is -1.85. The molecule has 0 radical (unpaired) electrons. The SMILES string of the molecule is C=Cc1ccc(Br)nc1C=C.CC. The van der Waals surface area contributed by atoms with Gasteiger partial charge in [-0.05, 0) is 33.6 Å². The largest absolute Gasteiger partial charge is 0.241 e. The summed E-state index contributed by atoms with van der Waals surface area (Å²) in [5, 5.41) is 0. The van der Waals surface area contributed by atoms with E-state index in [4.69, 9.17) is 0 Å². The topological polar surface area (TPSA) is 12.9 Å². The summed E-state index contributed by atoms with van der Waals surface area (Å²) in [5.74, 6) is 0. The standard InChI is InChI=1S/C9H8BrN.C2H6/c1-3-7-5-6-9(10)11-8(7)4-2;1-2/h3-6H,1-2H2;1-2H3. The van der Waals surface area contributed by atoms with E-state index in [9.17, 15) is 0 Å². The first kappa shape index (κ1) is 12.1. The monoisotopic (exact) mass is 239 g/mol. The van der Waals surface area contributed by atoms with Gasteiger partial charge in [-0.25, -0.2) is 4.98 Å². The van der Waals surface area contributed by atoms with Crippen molar-refractivity contribution in [1.82, 2.24) is 4.98 Å². The van der Waals surface area contributed by atoms with Gasteiger partial charge in [-0.2, -0.15) is 0 Å². The quantitative estimate of drug-likeness (QED) is 0.707. The summed E-state index contributed by atoms with van der Waals surface area (Å²) < 4.78 is 0.818. The number of aromatic nitrogens is 1. The molecule has 1 heterocycles. The molecule has 13 heavy (non-hydrogen) atoms. The van der Waals surface area contributed by atoms with Crippen LogP contribution in [-0.4, -0.2) is 4.98 Å². The van der Waals surface area contributed by atoms with Crippen molar-refractivity contribution in [2.75, 3.05) is 0 Å². The molecule has 1 aromatic rings. The van der Waals surface area contributed by atoms with Gasteiger partial charge in [-0.15, -0.1) is 0 Å². The third-order valence-corrected chi connectivity index (χ3v) is 1.78. The molecule has 0 bridgehead atoms. The van der Waals surface area contributed by atoms with Crippen molar-refractivity contribution < 1.29 is 0 Å². The van der Waals surface area contributed by atoms with E-state index < -0.39 is 0 Å². The first-order valence-electron chi connectivity index (χ1n) is 4.19. The molecule has 0 N–H and O–H groups in total. The third kappa shape index (κ3) is 3.55. The van der Waals surface area contributed by atoms with Crippen molar-refractivity contribution in [2.24, 2.45) is 0 Å². The molecule has 0 saturated carbocycles. The molecule has 1 aromatic heterocycles. The summed E-state index contributed by atoms with van der Waals surface area (Å²) in [6.07, 6.45) is 3.47. The Hall–Kier alpha value is -0.890.